The number of anilines is 1. The summed E-state index contributed by atoms with van der Waals surface area (Å²) in [5.41, 5.74) is 6.50. The molecule has 6 nitrogen and oxygen atoms in total. The molecule has 0 fully saturated rings. The van der Waals surface area contributed by atoms with Gasteiger partial charge in [0.15, 0.2) is 0 Å². The maximum Gasteiger partial charge on any atom is 0.341 e. The average Bonchev–Trinajstić information content (AvgIpc) is 2.87. The van der Waals surface area contributed by atoms with Crippen molar-refractivity contribution in [2.75, 3.05) is 11.9 Å². The van der Waals surface area contributed by atoms with Gasteiger partial charge in [0, 0.05) is 0 Å². The van der Waals surface area contributed by atoms with E-state index < -0.39 is 11.9 Å². The minimum Gasteiger partial charge on any atom is -0.462 e. The highest BCUT2D eigenvalue weighted by molar-refractivity contribution is 7.18. The summed E-state index contributed by atoms with van der Waals surface area (Å²) in [6.45, 7) is 3.41. The Bertz CT molecular complexity index is 880. The van der Waals surface area contributed by atoms with Crippen molar-refractivity contribution in [3.8, 4) is 0 Å². The van der Waals surface area contributed by atoms with Crippen molar-refractivity contribution >= 4 is 57.3 Å². The lowest BCUT2D eigenvalue weighted by atomic mass is 10.1. The summed E-state index contributed by atoms with van der Waals surface area (Å²) < 4.78 is 5.00. The second-order valence-electron chi connectivity index (χ2n) is 5.32. The Balaban J connectivity index is 2.27. The maximum atomic E-state index is 12.4. The van der Waals surface area contributed by atoms with Crippen LogP contribution in [0.3, 0.4) is 0 Å². The fourth-order valence-electron chi connectivity index (χ4n) is 2.29. The van der Waals surface area contributed by atoms with E-state index in [4.69, 9.17) is 33.7 Å². The van der Waals surface area contributed by atoms with Crippen LogP contribution in [-0.2, 0) is 16.0 Å². The van der Waals surface area contributed by atoms with E-state index >= 15 is 0 Å². The quantitative estimate of drug-likeness (QED) is 0.701. The Morgan fingerprint density at radius 2 is 1.92 bits per heavy atom. The monoisotopic (exact) mass is 414 g/mol. The highest BCUT2D eigenvalue weighted by Gasteiger charge is 2.25. The van der Waals surface area contributed by atoms with E-state index in [-0.39, 0.29) is 34.4 Å². The van der Waals surface area contributed by atoms with Crippen molar-refractivity contribution in [2.24, 2.45) is 5.73 Å². The summed E-state index contributed by atoms with van der Waals surface area (Å²) in [6, 6.07) is 4.86. The Morgan fingerprint density at radius 1 is 1.23 bits per heavy atom. The molecule has 0 aliphatic heterocycles. The molecule has 0 unspecified atom stereocenters. The standard InChI is InChI=1S/C17H16Cl2N2O4S/c1-3-25-17(24)13-8(2)14(15(20)23)26-16(13)21-12(22)7-9-4-5-10(18)11(19)6-9/h4-6H,3,7H2,1-2H3,(H2,20,23)(H,21,22). The van der Waals surface area contributed by atoms with Crippen molar-refractivity contribution in [1.82, 2.24) is 0 Å². The number of ether oxygens (including phenoxy) is 1. The van der Waals surface area contributed by atoms with Crippen LogP contribution in [-0.4, -0.2) is 24.4 Å². The van der Waals surface area contributed by atoms with Gasteiger partial charge in [-0.15, -0.1) is 11.3 Å². The van der Waals surface area contributed by atoms with E-state index in [0.717, 1.165) is 11.3 Å². The van der Waals surface area contributed by atoms with Crippen LogP contribution in [0.2, 0.25) is 10.0 Å². The Hall–Kier alpha value is -2.09. The predicted octanol–water partition coefficient (Wildman–Crippen LogP) is 3.82. The molecule has 1 aromatic carbocycles. The summed E-state index contributed by atoms with van der Waals surface area (Å²) in [6.07, 6.45) is 0.0159. The number of halogens is 2. The zero-order chi connectivity index (χ0) is 19.4. The minimum absolute atomic E-state index is 0.0159. The third-order valence-corrected chi connectivity index (χ3v) is 5.41. The molecule has 138 valence electrons. The number of esters is 1. The van der Waals surface area contributed by atoms with Crippen LogP contribution in [0.25, 0.3) is 0 Å². The molecule has 9 heteroatoms. The number of carbonyl (C=O) groups excluding carboxylic acids is 3. The number of carbonyl (C=O) groups is 3. The molecule has 2 rings (SSSR count). The molecule has 3 N–H and O–H groups in total. The summed E-state index contributed by atoms with van der Waals surface area (Å²) >= 11 is 12.7. The minimum atomic E-state index is -0.678. The van der Waals surface area contributed by atoms with Crippen LogP contribution >= 0.6 is 34.5 Å². The van der Waals surface area contributed by atoms with E-state index in [0.29, 0.717) is 21.2 Å². The topological polar surface area (TPSA) is 98.5 Å². The lowest BCUT2D eigenvalue weighted by molar-refractivity contribution is -0.115. The number of primary amides is 1. The van der Waals surface area contributed by atoms with Gasteiger partial charge in [0.2, 0.25) is 5.91 Å². The van der Waals surface area contributed by atoms with E-state index in [2.05, 4.69) is 5.32 Å². The van der Waals surface area contributed by atoms with Gasteiger partial charge in [0.05, 0.1) is 33.5 Å². The maximum absolute atomic E-state index is 12.4. The van der Waals surface area contributed by atoms with Crippen molar-refractivity contribution in [3.05, 3.63) is 49.8 Å². The molecule has 26 heavy (non-hydrogen) atoms. The molecule has 0 aliphatic rings. The fourth-order valence-corrected chi connectivity index (χ4v) is 3.68. The second-order valence-corrected chi connectivity index (χ2v) is 7.15. The van der Waals surface area contributed by atoms with Crippen LogP contribution < -0.4 is 11.1 Å². The summed E-state index contributed by atoms with van der Waals surface area (Å²) in [5.74, 6) is -1.69. The van der Waals surface area contributed by atoms with Crippen LogP contribution in [0, 0.1) is 6.92 Å². The number of benzene rings is 1. The van der Waals surface area contributed by atoms with Crippen LogP contribution in [0.15, 0.2) is 18.2 Å². The van der Waals surface area contributed by atoms with Gasteiger partial charge < -0.3 is 15.8 Å². The van der Waals surface area contributed by atoms with Crippen molar-refractivity contribution in [1.29, 1.82) is 0 Å². The number of thiophene rings is 1. The smallest absolute Gasteiger partial charge is 0.341 e. The molecule has 0 radical (unpaired) electrons. The highest BCUT2D eigenvalue weighted by Crippen LogP contribution is 2.33. The average molecular weight is 415 g/mol. The van der Waals surface area contributed by atoms with Crippen LogP contribution in [0.5, 0.6) is 0 Å². The number of hydrogen-bond acceptors (Lipinski definition) is 5. The molecule has 2 amide bonds. The first-order chi connectivity index (χ1) is 12.2. The summed E-state index contributed by atoms with van der Waals surface area (Å²) in [5, 5.41) is 3.59. The zero-order valence-corrected chi connectivity index (χ0v) is 16.3. The van der Waals surface area contributed by atoms with Gasteiger partial charge >= 0.3 is 5.97 Å². The van der Waals surface area contributed by atoms with Gasteiger partial charge in [0.1, 0.15) is 5.00 Å². The third-order valence-electron chi connectivity index (χ3n) is 3.45. The zero-order valence-electron chi connectivity index (χ0n) is 14.0. The second kappa shape index (κ2) is 8.53. The first kappa shape index (κ1) is 20.2. The van der Waals surface area contributed by atoms with Crippen LogP contribution in [0.1, 0.15) is 38.1 Å². The molecule has 0 saturated heterocycles. The predicted molar refractivity (Wildman–Crippen MR) is 102 cm³/mol. The molecule has 0 saturated carbocycles. The molecule has 0 aliphatic carbocycles. The first-order valence-electron chi connectivity index (χ1n) is 7.58. The Labute approximate surface area is 164 Å². The fraction of sp³-hybridized carbons (Fsp3) is 0.235. The SMILES string of the molecule is CCOC(=O)c1c(NC(=O)Cc2ccc(Cl)c(Cl)c2)sc(C(N)=O)c1C. The summed E-state index contributed by atoms with van der Waals surface area (Å²) in [4.78, 5) is 36.3. The van der Waals surface area contributed by atoms with E-state index in [1.165, 1.54) is 0 Å². The van der Waals surface area contributed by atoms with Gasteiger partial charge in [-0.3, -0.25) is 9.59 Å². The number of hydrogen-bond donors (Lipinski definition) is 2. The van der Waals surface area contributed by atoms with Crippen molar-refractivity contribution < 1.29 is 19.1 Å². The van der Waals surface area contributed by atoms with Gasteiger partial charge in [-0.25, -0.2) is 4.79 Å². The van der Waals surface area contributed by atoms with Gasteiger partial charge in [-0.05, 0) is 37.1 Å². The normalized spacial score (nSPS) is 10.5. The molecule has 0 bridgehead atoms. The molecule has 1 heterocycles. The molecule has 0 atom stereocenters. The number of rotatable bonds is 6. The van der Waals surface area contributed by atoms with Gasteiger partial charge in [-0.1, -0.05) is 29.3 Å². The largest absolute Gasteiger partial charge is 0.462 e. The van der Waals surface area contributed by atoms with Crippen LogP contribution in [0.4, 0.5) is 5.00 Å². The van der Waals surface area contributed by atoms with Crippen molar-refractivity contribution in [2.45, 2.75) is 20.3 Å². The number of amides is 2. The number of nitrogens with two attached hydrogens (primary N) is 1. The van der Waals surface area contributed by atoms with E-state index in [1.54, 1.807) is 32.0 Å². The molecular formula is C17H16Cl2N2O4S. The van der Waals surface area contributed by atoms with E-state index in [9.17, 15) is 14.4 Å². The van der Waals surface area contributed by atoms with Gasteiger partial charge in [0.25, 0.3) is 5.91 Å². The molecule has 1 aromatic heterocycles. The molecule has 0 spiro atoms. The Morgan fingerprint density at radius 3 is 2.50 bits per heavy atom. The first-order valence-corrected chi connectivity index (χ1v) is 9.15. The molecular weight excluding hydrogens is 399 g/mol. The van der Waals surface area contributed by atoms with Crippen molar-refractivity contribution in [3.63, 3.8) is 0 Å². The lowest BCUT2D eigenvalue weighted by Gasteiger charge is -2.07. The van der Waals surface area contributed by atoms with Gasteiger partial charge in [-0.2, -0.15) is 0 Å². The highest BCUT2D eigenvalue weighted by atomic mass is 35.5. The van der Waals surface area contributed by atoms with E-state index in [1.807, 2.05) is 0 Å². The number of nitrogens with one attached hydrogen (secondary N) is 1. The lowest BCUT2D eigenvalue weighted by Crippen LogP contribution is -2.16. The summed E-state index contributed by atoms with van der Waals surface area (Å²) in [7, 11) is 0. The molecule has 2 aromatic rings. The third kappa shape index (κ3) is 4.55. The Kier molecular flexibility index (Phi) is 6.63.